The molecule has 0 aromatic heterocycles. The Morgan fingerprint density at radius 3 is 3.00 bits per heavy atom. The summed E-state index contributed by atoms with van der Waals surface area (Å²) >= 11 is 0. The fourth-order valence-corrected chi connectivity index (χ4v) is 2.41. The molecule has 1 aliphatic heterocycles. The summed E-state index contributed by atoms with van der Waals surface area (Å²) in [6.45, 7) is 2.27. The number of likely N-dealkylation sites (N-methyl/N-ethyl adjacent to an activating group) is 1. The molecule has 1 aromatic carbocycles. The smallest absolute Gasteiger partial charge is 0.168 e. The Labute approximate surface area is 109 Å². The Balaban J connectivity index is 2.12. The fourth-order valence-electron chi connectivity index (χ4n) is 2.41. The van der Waals surface area contributed by atoms with Crippen molar-refractivity contribution in [2.24, 2.45) is 5.92 Å². The van der Waals surface area contributed by atoms with E-state index in [9.17, 15) is 4.79 Å². The van der Waals surface area contributed by atoms with E-state index in [-0.39, 0.29) is 11.7 Å². The molecular weight excluding hydrogens is 226 g/mol. The summed E-state index contributed by atoms with van der Waals surface area (Å²) in [6.07, 6.45) is 2.85. The van der Waals surface area contributed by atoms with E-state index in [1.807, 2.05) is 31.3 Å². The lowest BCUT2D eigenvalue weighted by Crippen LogP contribution is -2.26. The quantitative estimate of drug-likeness (QED) is 0.809. The molecule has 3 heteroatoms. The van der Waals surface area contributed by atoms with Crippen LogP contribution in [0.15, 0.2) is 24.3 Å². The third-order valence-electron chi connectivity index (χ3n) is 3.46. The van der Waals surface area contributed by atoms with Crippen LogP contribution in [0.3, 0.4) is 0 Å². The highest BCUT2D eigenvalue weighted by Crippen LogP contribution is 2.21. The van der Waals surface area contributed by atoms with Crippen molar-refractivity contribution in [3.63, 3.8) is 0 Å². The average molecular weight is 247 g/mol. The summed E-state index contributed by atoms with van der Waals surface area (Å²) in [7, 11) is 1.93. The van der Waals surface area contributed by atoms with E-state index < -0.39 is 0 Å². The molecular formula is C15H21NO2. The van der Waals surface area contributed by atoms with Gasteiger partial charge in [-0.2, -0.15) is 0 Å². The van der Waals surface area contributed by atoms with Crippen LogP contribution < -0.4 is 5.32 Å². The minimum absolute atomic E-state index is 0.0504. The number of hydrogen-bond donors (Lipinski definition) is 1. The zero-order valence-electron chi connectivity index (χ0n) is 10.9. The number of carbonyl (C=O) groups is 1. The number of carbonyl (C=O) groups excluding carboxylic acids is 1. The van der Waals surface area contributed by atoms with Crippen LogP contribution in [0, 0.1) is 5.92 Å². The highest BCUT2D eigenvalue weighted by Gasteiger charge is 2.24. The SMILES string of the molecule is CNCCc1ccccc1C(=O)C1CCCOC1. The van der Waals surface area contributed by atoms with Crippen LogP contribution in [0.4, 0.5) is 0 Å². The molecule has 1 heterocycles. The zero-order valence-corrected chi connectivity index (χ0v) is 10.9. The second kappa shape index (κ2) is 6.66. The van der Waals surface area contributed by atoms with Crippen molar-refractivity contribution in [3.8, 4) is 0 Å². The minimum Gasteiger partial charge on any atom is -0.381 e. The summed E-state index contributed by atoms with van der Waals surface area (Å²) in [6, 6.07) is 7.94. The van der Waals surface area contributed by atoms with Crippen LogP contribution in [-0.2, 0) is 11.2 Å². The van der Waals surface area contributed by atoms with Crippen LogP contribution >= 0.6 is 0 Å². The molecule has 0 radical (unpaired) electrons. The van der Waals surface area contributed by atoms with Crippen molar-refractivity contribution in [3.05, 3.63) is 35.4 Å². The molecule has 0 aliphatic carbocycles. The molecule has 0 saturated carbocycles. The third kappa shape index (κ3) is 3.18. The van der Waals surface area contributed by atoms with Gasteiger partial charge in [0, 0.05) is 18.1 Å². The van der Waals surface area contributed by atoms with Crippen molar-refractivity contribution in [2.75, 3.05) is 26.8 Å². The van der Waals surface area contributed by atoms with Crippen molar-refractivity contribution in [1.82, 2.24) is 5.32 Å². The molecule has 1 fully saturated rings. The number of ether oxygens (including phenoxy) is 1. The van der Waals surface area contributed by atoms with Gasteiger partial charge in [-0.3, -0.25) is 4.79 Å². The Morgan fingerprint density at radius 2 is 2.28 bits per heavy atom. The summed E-state index contributed by atoms with van der Waals surface area (Å²) in [4.78, 5) is 12.5. The van der Waals surface area contributed by atoms with Gasteiger partial charge in [-0.25, -0.2) is 0 Å². The van der Waals surface area contributed by atoms with Crippen LogP contribution in [0.25, 0.3) is 0 Å². The van der Waals surface area contributed by atoms with Gasteiger partial charge in [0.25, 0.3) is 0 Å². The highest BCUT2D eigenvalue weighted by atomic mass is 16.5. The Morgan fingerprint density at radius 1 is 1.44 bits per heavy atom. The van der Waals surface area contributed by atoms with Crippen molar-refractivity contribution >= 4 is 5.78 Å². The monoisotopic (exact) mass is 247 g/mol. The zero-order chi connectivity index (χ0) is 12.8. The normalized spacial score (nSPS) is 19.7. The van der Waals surface area contributed by atoms with Crippen molar-refractivity contribution < 1.29 is 9.53 Å². The third-order valence-corrected chi connectivity index (χ3v) is 3.46. The summed E-state index contributed by atoms with van der Waals surface area (Å²) in [5.74, 6) is 0.302. The average Bonchev–Trinajstić information content (AvgIpc) is 2.45. The van der Waals surface area contributed by atoms with Crippen molar-refractivity contribution in [1.29, 1.82) is 0 Å². The molecule has 1 saturated heterocycles. The fraction of sp³-hybridized carbons (Fsp3) is 0.533. The van der Waals surface area contributed by atoms with Crippen LogP contribution in [0.2, 0.25) is 0 Å². The Bertz CT molecular complexity index is 397. The molecule has 2 rings (SSSR count). The number of benzene rings is 1. The maximum absolute atomic E-state index is 12.5. The largest absolute Gasteiger partial charge is 0.381 e. The minimum atomic E-state index is 0.0504. The number of ketones is 1. The predicted octanol–water partition coefficient (Wildman–Crippen LogP) is 2.06. The maximum atomic E-state index is 12.5. The van der Waals surface area contributed by atoms with E-state index in [4.69, 9.17) is 4.74 Å². The van der Waals surface area contributed by atoms with Gasteiger partial charge < -0.3 is 10.1 Å². The van der Waals surface area contributed by atoms with E-state index in [1.54, 1.807) is 0 Å². The lowest BCUT2D eigenvalue weighted by Gasteiger charge is -2.22. The van der Waals surface area contributed by atoms with Gasteiger partial charge in [-0.1, -0.05) is 24.3 Å². The van der Waals surface area contributed by atoms with E-state index in [0.29, 0.717) is 6.61 Å². The second-order valence-electron chi connectivity index (χ2n) is 4.79. The molecule has 0 spiro atoms. The molecule has 0 bridgehead atoms. The topological polar surface area (TPSA) is 38.3 Å². The van der Waals surface area contributed by atoms with Gasteiger partial charge in [0.2, 0.25) is 0 Å². The first kappa shape index (κ1) is 13.2. The molecule has 3 nitrogen and oxygen atoms in total. The second-order valence-corrected chi connectivity index (χ2v) is 4.79. The van der Waals surface area contributed by atoms with Gasteiger partial charge >= 0.3 is 0 Å². The summed E-state index contributed by atoms with van der Waals surface area (Å²) in [5.41, 5.74) is 2.02. The summed E-state index contributed by atoms with van der Waals surface area (Å²) in [5, 5.41) is 3.13. The van der Waals surface area contributed by atoms with Crippen LogP contribution in [-0.4, -0.2) is 32.6 Å². The molecule has 0 amide bonds. The predicted molar refractivity (Wildman–Crippen MR) is 71.9 cm³/mol. The summed E-state index contributed by atoms with van der Waals surface area (Å²) < 4.78 is 5.41. The van der Waals surface area contributed by atoms with Crippen LogP contribution in [0.5, 0.6) is 0 Å². The first-order valence-electron chi connectivity index (χ1n) is 6.67. The van der Waals surface area contributed by atoms with E-state index in [1.165, 1.54) is 0 Å². The first-order chi connectivity index (χ1) is 8.83. The Kier molecular flexibility index (Phi) is 4.90. The maximum Gasteiger partial charge on any atom is 0.168 e. The van der Waals surface area contributed by atoms with E-state index >= 15 is 0 Å². The highest BCUT2D eigenvalue weighted by molar-refractivity contribution is 5.99. The molecule has 1 N–H and O–H groups in total. The Hall–Kier alpha value is -1.19. The van der Waals surface area contributed by atoms with Crippen molar-refractivity contribution in [2.45, 2.75) is 19.3 Å². The van der Waals surface area contributed by atoms with E-state index in [0.717, 1.165) is 43.5 Å². The molecule has 1 unspecified atom stereocenters. The van der Waals surface area contributed by atoms with Crippen LogP contribution in [0.1, 0.15) is 28.8 Å². The molecule has 1 aliphatic rings. The molecule has 18 heavy (non-hydrogen) atoms. The number of rotatable bonds is 5. The van der Waals surface area contributed by atoms with E-state index in [2.05, 4.69) is 5.32 Å². The van der Waals surface area contributed by atoms with Gasteiger partial charge in [-0.15, -0.1) is 0 Å². The first-order valence-corrected chi connectivity index (χ1v) is 6.67. The number of nitrogens with one attached hydrogen (secondary N) is 1. The van der Waals surface area contributed by atoms with Gasteiger partial charge in [0.05, 0.1) is 6.61 Å². The molecule has 1 atom stereocenters. The lowest BCUT2D eigenvalue weighted by atomic mass is 9.89. The molecule has 98 valence electrons. The van der Waals surface area contributed by atoms with Gasteiger partial charge in [0.15, 0.2) is 5.78 Å². The number of Topliss-reactive ketones (excluding diaryl/α,β-unsaturated/α-hetero) is 1. The number of hydrogen-bond acceptors (Lipinski definition) is 3. The van der Waals surface area contributed by atoms with Gasteiger partial charge in [0.1, 0.15) is 0 Å². The van der Waals surface area contributed by atoms with Gasteiger partial charge in [-0.05, 0) is 38.4 Å². The standard InChI is InChI=1S/C15H21NO2/c1-16-9-8-12-5-2-3-7-14(12)15(17)13-6-4-10-18-11-13/h2-3,5,7,13,16H,4,6,8-11H2,1H3. The molecule has 1 aromatic rings. The lowest BCUT2D eigenvalue weighted by molar-refractivity contribution is 0.0460.